The Bertz CT molecular complexity index is 1390. The van der Waals surface area contributed by atoms with Crippen LogP contribution in [0.5, 0.6) is 0 Å². The van der Waals surface area contributed by atoms with Gasteiger partial charge in [0, 0.05) is 20.4 Å². The largest absolute Gasteiger partial charge is 0.292 e. The lowest BCUT2D eigenvalue weighted by atomic mass is 9.99. The Morgan fingerprint density at radius 3 is 2.38 bits per heavy atom. The fourth-order valence-corrected chi connectivity index (χ4v) is 4.04. The molecule has 0 amide bonds. The maximum atomic E-state index is 7.84. The zero-order valence-corrected chi connectivity index (χ0v) is 14.7. The quantitative estimate of drug-likeness (QED) is 0.331. The van der Waals surface area contributed by atoms with Gasteiger partial charge in [-0.2, -0.15) is 0 Å². The van der Waals surface area contributed by atoms with Gasteiger partial charge < -0.3 is 0 Å². The number of nitrogens with zero attached hydrogens (tertiary/aromatic N) is 2. The Morgan fingerprint density at radius 1 is 0.846 bits per heavy atom. The van der Waals surface area contributed by atoms with Gasteiger partial charge in [-0.25, -0.2) is 4.98 Å². The third-order valence-electron chi connectivity index (χ3n) is 5.19. The third-order valence-corrected chi connectivity index (χ3v) is 5.19. The summed E-state index contributed by atoms with van der Waals surface area (Å²) in [5, 5.41) is 2.95. The van der Waals surface area contributed by atoms with E-state index >= 15 is 0 Å². The zero-order valence-electron chi connectivity index (χ0n) is 17.7. The van der Waals surface area contributed by atoms with Crippen molar-refractivity contribution in [3.63, 3.8) is 0 Å². The van der Waals surface area contributed by atoms with E-state index in [9.17, 15) is 0 Å². The van der Waals surface area contributed by atoms with Crippen LogP contribution in [0.4, 0.5) is 0 Å². The van der Waals surface area contributed by atoms with E-state index in [1.807, 2.05) is 36.5 Å². The predicted molar refractivity (Wildman–Crippen MR) is 110 cm³/mol. The molecule has 0 unspecified atom stereocenters. The summed E-state index contributed by atoms with van der Waals surface area (Å²) in [6.45, 7) is 2.07. The number of imidazole rings is 1. The highest BCUT2D eigenvalue weighted by atomic mass is 15.0. The minimum absolute atomic E-state index is 0.350. The highest BCUT2D eigenvalue weighted by molar-refractivity contribution is 6.12. The fraction of sp³-hybridized carbons (Fsp3) is 0.125. The van der Waals surface area contributed by atoms with Gasteiger partial charge >= 0.3 is 0 Å². The molecule has 0 spiro atoms. The first-order chi connectivity index (χ1) is 13.9. The molecular formula is C24H20N2. The van der Waals surface area contributed by atoms with Crippen molar-refractivity contribution >= 4 is 27.3 Å². The van der Waals surface area contributed by atoms with E-state index in [4.69, 9.17) is 9.10 Å². The molecule has 5 rings (SSSR count). The molecule has 0 bridgehead atoms. The normalized spacial score (nSPS) is 13.8. The topological polar surface area (TPSA) is 17.3 Å². The molecule has 2 heterocycles. The predicted octanol–water partition coefficient (Wildman–Crippen LogP) is 6.23. The van der Waals surface area contributed by atoms with Crippen molar-refractivity contribution < 1.29 is 4.11 Å². The van der Waals surface area contributed by atoms with Gasteiger partial charge in [-0.1, -0.05) is 54.1 Å². The lowest BCUT2D eigenvalue weighted by Gasteiger charge is -2.14. The molecule has 0 aliphatic carbocycles. The number of rotatable bonds is 1. The number of hydrogen-bond donors (Lipinski definition) is 0. The molecule has 0 N–H and O–H groups in total. The molecule has 2 aromatic heterocycles. The Hall–Kier alpha value is -3.13. The Morgan fingerprint density at radius 2 is 1.62 bits per heavy atom. The van der Waals surface area contributed by atoms with Gasteiger partial charge in [0.1, 0.15) is 5.65 Å². The van der Waals surface area contributed by atoms with Crippen LogP contribution < -0.4 is 0 Å². The third kappa shape index (κ3) is 2.02. The molecule has 26 heavy (non-hydrogen) atoms. The number of fused-ring (bicyclic) bond motifs is 6. The summed E-state index contributed by atoms with van der Waals surface area (Å²) in [5.41, 5.74) is 6.75. The number of benzene rings is 3. The van der Waals surface area contributed by atoms with Crippen molar-refractivity contribution in [1.82, 2.24) is 9.38 Å². The van der Waals surface area contributed by atoms with E-state index in [1.165, 1.54) is 11.1 Å². The molecule has 126 valence electrons. The van der Waals surface area contributed by atoms with Crippen LogP contribution in [0.15, 0.2) is 66.9 Å². The van der Waals surface area contributed by atoms with Gasteiger partial charge in [-0.15, -0.1) is 0 Å². The molecule has 0 aliphatic heterocycles. The molecule has 0 radical (unpaired) electrons. The molecule has 0 saturated carbocycles. The van der Waals surface area contributed by atoms with E-state index < -0.39 is 6.85 Å². The summed E-state index contributed by atoms with van der Waals surface area (Å²) in [6, 6.07) is 19.8. The number of pyridine rings is 1. The van der Waals surface area contributed by atoms with Crippen molar-refractivity contribution in [2.24, 2.45) is 0 Å². The average molecular weight is 339 g/mol. The van der Waals surface area contributed by atoms with E-state index in [1.54, 1.807) is 12.1 Å². The van der Waals surface area contributed by atoms with Gasteiger partial charge in [-0.3, -0.25) is 4.40 Å². The molecule has 5 aromatic rings. The van der Waals surface area contributed by atoms with Gasteiger partial charge in [0.05, 0.1) is 17.4 Å². The Kier molecular flexibility index (Phi) is 2.56. The van der Waals surface area contributed by atoms with Crippen molar-refractivity contribution in [2.75, 3.05) is 0 Å². The van der Waals surface area contributed by atoms with Crippen molar-refractivity contribution in [3.05, 3.63) is 83.6 Å². The number of aryl methyl sites for hydroxylation is 3. The molecule has 0 aliphatic rings. The van der Waals surface area contributed by atoms with Crippen molar-refractivity contribution in [2.45, 2.75) is 20.7 Å². The minimum atomic E-state index is -2.14. The number of hydrogen-bond acceptors (Lipinski definition) is 1. The molecule has 0 saturated heterocycles. The van der Waals surface area contributed by atoms with Crippen molar-refractivity contribution in [3.8, 4) is 11.3 Å². The SMILES string of the molecule is [2H]C([2H])([2H])c1ccc2c(c1)c1ccccc1c1ncc(-c3c(C)cccc3C)n21. The summed E-state index contributed by atoms with van der Waals surface area (Å²) >= 11 is 0. The minimum Gasteiger partial charge on any atom is -0.292 e. The first kappa shape index (κ1) is 12.3. The summed E-state index contributed by atoms with van der Waals surface area (Å²) in [6.07, 6.45) is 1.92. The summed E-state index contributed by atoms with van der Waals surface area (Å²) in [5.74, 6) is 0. The van der Waals surface area contributed by atoms with E-state index in [-0.39, 0.29) is 0 Å². The molecule has 2 heteroatoms. The van der Waals surface area contributed by atoms with Crippen LogP contribution >= 0.6 is 0 Å². The second-order valence-corrected chi connectivity index (χ2v) is 6.85. The summed E-state index contributed by atoms with van der Waals surface area (Å²) in [4.78, 5) is 4.78. The van der Waals surface area contributed by atoms with Gasteiger partial charge in [-0.05, 0) is 49.3 Å². The highest BCUT2D eigenvalue weighted by Crippen LogP contribution is 2.35. The van der Waals surface area contributed by atoms with Crippen LogP contribution in [0, 0.1) is 20.7 Å². The zero-order chi connectivity index (χ0) is 20.3. The first-order valence-electron chi connectivity index (χ1n) is 10.3. The van der Waals surface area contributed by atoms with Crippen molar-refractivity contribution in [1.29, 1.82) is 0 Å². The van der Waals surface area contributed by atoms with Gasteiger partial charge in [0.25, 0.3) is 0 Å². The summed E-state index contributed by atoms with van der Waals surface area (Å²) < 4.78 is 25.7. The van der Waals surface area contributed by atoms with Gasteiger partial charge in [0.15, 0.2) is 0 Å². The molecule has 2 nitrogen and oxygen atoms in total. The first-order valence-corrected chi connectivity index (χ1v) is 8.75. The Balaban J connectivity index is 2.00. The maximum absolute atomic E-state index is 7.84. The smallest absolute Gasteiger partial charge is 0.145 e. The molecule has 0 atom stereocenters. The lowest BCUT2D eigenvalue weighted by molar-refractivity contribution is 1.24. The van der Waals surface area contributed by atoms with E-state index in [2.05, 4.69) is 36.4 Å². The lowest BCUT2D eigenvalue weighted by Crippen LogP contribution is -1.96. The van der Waals surface area contributed by atoms with Crippen LogP contribution in [0.2, 0.25) is 0 Å². The standard InChI is InChI=1S/C24H20N2/c1-15-11-12-21-20(13-15)18-9-4-5-10-19(18)24-25-14-22(26(21)24)23-16(2)7-6-8-17(23)3/h4-14H,1-3H3/i1D3. The fourth-order valence-electron chi connectivity index (χ4n) is 4.04. The second kappa shape index (κ2) is 5.43. The van der Waals surface area contributed by atoms with Crippen LogP contribution in [-0.4, -0.2) is 9.38 Å². The van der Waals surface area contributed by atoms with Gasteiger partial charge in [0.2, 0.25) is 0 Å². The van der Waals surface area contributed by atoms with E-state index in [0.717, 1.165) is 38.6 Å². The second-order valence-electron chi connectivity index (χ2n) is 6.85. The molecular weight excluding hydrogens is 316 g/mol. The van der Waals surface area contributed by atoms with Crippen LogP contribution in [0.25, 0.3) is 38.6 Å². The average Bonchev–Trinajstić information content (AvgIpc) is 3.12. The summed E-state index contributed by atoms with van der Waals surface area (Å²) in [7, 11) is 0. The van der Waals surface area contributed by atoms with Crippen LogP contribution in [0.1, 0.15) is 20.8 Å². The monoisotopic (exact) mass is 339 g/mol. The van der Waals surface area contributed by atoms with Crippen LogP contribution in [-0.2, 0) is 0 Å². The van der Waals surface area contributed by atoms with Crippen LogP contribution in [0.3, 0.4) is 0 Å². The maximum Gasteiger partial charge on any atom is 0.145 e. The Labute approximate surface area is 156 Å². The molecule has 3 aromatic carbocycles. The number of aromatic nitrogens is 2. The highest BCUT2D eigenvalue weighted by Gasteiger charge is 2.16. The molecule has 0 fully saturated rings. The van der Waals surface area contributed by atoms with E-state index in [0.29, 0.717) is 5.56 Å².